The Hall–Kier alpha value is -0.900. The van der Waals surface area contributed by atoms with Gasteiger partial charge in [-0.1, -0.05) is 38.8 Å². The van der Waals surface area contributed by atoms with Gasteiger partial charge in [0.25, 0.3) is 0 Å². The Morgan fingerprint density at radius 2 is 2.17 bits per heavy atom. The molecule has 0 radical (unpaired) electrons. The van der Waals surface area contributed by atoms with E-state index in [-0.39, 0.29) is 6.04 Å². The number of rotatable bonds is 5. The Labute approximate surface area is 109 Å². The van der Waals surface area contributed by atoms with Crippen LogP contribution in [-0.4, -0.2) is 10.1 Å². The lowest BCUT2D eigenvalue weighted by atomic mass is 10.00. The van der Waals surface area contributed by atoms with E-state index in [9.17, 15) is 0 Å². The second-order valence-electron chi connectivity index (χ2n) is 5.69. The van der Waals surface area contributed by atoms with E-state index in [2.05, 4.69) is 30.9 Å². The van der Waals surface area contributed by atoms with Crippen LogP contribution in [-0.2, 0) is 0 Å². The average Bonchev–Trinajstić information content (AvgIpc) is 3.04. The Morgan fingerprint density at radius 3 is 2.78 bits per heavy atom. The van der Waals surface area contributed by atoms with Crippen LogP contribution in [0.15, 0.2) is 4.52 Å². The molecule has 4 heteroatoms. The van der Waals surface area contributed by atoms with E-state index in [0.29, 0.717) is 17.7 Å². The van der Waals surface area contributed by atoms with Gasteiger partial charge in [0, 0.05) is 5.92 Å². The first-order chi connectivity index (χ1) is 8.65. The van der Waals surface area contributed by atoms with E-state index in [1.165, 1.54) is 25.7 Å². The van der Waals surface area contributed by atoms with Gasteiger partial charge in [-0.25, -0.2) is 0 Å². The van der Waals surface area contributed by atoms with Gasteiger partial charge >= 0.3 is 0 Å². The van der Waals surface area contributed by atoms with Gasteiger partial charge in [0.2, 0.25) is 5.89 Å². The SMILES string of the molecule is CCC1CCC(c2noc(C(N)C(C)CC)n2)C1. The van der Waals surface area contributed by atoms with Gasteiger partial charge in [-0.2, -0.15) is 4.98 Å². The van der Waals surface area contributed by atoms with Crippen LogP contribution in [0.1, 0.15) is 76.6 Å². The standard InChI is InChI=1S/C14H25N3O/c1-4-9(3)12(15)14-16-13(17-18-14)11-7-6-10(5-2)8-11/h9-12H,4-8,15H2,1-3H3. The van der Waals surface area contributed by atoms with Crippen LogP contribution in [0.3, 0.4) is 0 Å². The van der Waals surface area contributed by atoms with E-state index in [0.717, 1.165) is 18.2 Å². The lowest BCUT2D eigenvalue weighted by Crippen LogP contribution is -2.19. The Morgan fingerprint density at radius 1 is 1.39 bits per heavy atom. The second-order valence-corrected chi connectivity index (χ2v) is 5.69. The summed E-state index contributed by atoms with van der Waals surface area (Å²) >= 11 is 0. The van der Waals surface area contributed by atoms with Crippen LogP contribution < -0.4 is 5.73 Å². The van der Waals surface area contributed by atoms with Gasteiger partial charge in [0.15, 0.2) is 5.82 Å². The fraction of sp³-hybridized carbons (Fsp3) is 0.857. The largest absolute Gasteiger partial charge is 0.338 e. The molecular formula is C14H25N3O. The molecule has 0 bridgehead atoms. The molecule has 1 fully saturated rings. The van der Waals surface area contributed by atoms with Crippen LogP contribution >= 0.6 is 0 Å². The van der Waals surface area contributed by atoms with Crippen molar-refractivity contribution < 1.29 is 4.52 Å². The third-order valence-corrected chi connectivity index (χ3v) is 4.48. The van der Waals surface area contributed by atoms with Crippen molar-refractivity contribution in [3.8, 4) is 0 Å². The normalized spacial score (nSPS) is 27.3. The number of nitrogens with zero attached hydrogens (tertiary/aromatic N) is 2. The summed E-state index contributed by atoms with van der Waals surface area (Å²) in [4.78, 5) is 4.53. The Balaban J connectivity index is 2.02. The predicted octanol–water partition coefficient (Wildman–Crippen LogP) is 3.41. The first kappa shape index (κ1) is 13.5. The minimum Gasteiger partial charge on any atom is -0.338 e. The lowest BCUT2D eigenvalue weighted by Gasteiger charge is -2.13. The summed E-state index contributed by atoms with van der Waals surface area (Å²) in [7, 11) is 0. The maximum atomic E-state index is 6.12. The zero-order valence-corrected chi connectivity index (χ0v) is 11.7. The molecule has 2 rings (SSSR count). The fourth-order valence-electron chi connectivity index (χ4n) is 2.73. The first-order valence-corrected chi connectivity index (χ1v) is 7.24. The van der Waals surface area contributed by atoms with E-state index in [4.69, 9.17) is 10.3 Å². The molecule has 1 saturated carbocycles. The second kappa shape index (κ2) is 5.83. The molecule has 0 amide bonds. The molecule has 1 heterocycles. The molecule has 1 aliphatic rings. The Bertz CT molecular complexity index is 377. The first-order valence-electron chi connectivity index (χ1n) is 7.24. The van der Waals surface area contributed by atoms with Crippen molar-refractivity contribution in [2.45, 2.75) is 64.8 Å². The van der Waals surface area contributed by atoms with Crippen LogP contribution in [0.5, 0.6) is 0 Å². The zero-order valence-electron chi connectivity index (χ0n) is 11.7. The smallest absolute Gasteiger partial charge is 0.243 e. The monoisotopic (exact) mass is 251 g/mol. The van der Waals surface area contributed by atoms with Crippen molar-refractivity contribution in [1.82, 2.24) is 10.1 Å². The summed E-state index contributed by atoms with van der Waals surface area (Å²) in [6, 6.07) is -0.125. The summed E-state index contributed by atoms with van der Waals surface area (Å²) in [5, 5.41) is 4.14. The van der Waals surface area contributed by atoms with Crippen LogP contribution in [0.4, 0.5) is 0 Å². The molecule has 0 saturated heterocycles. The van der Waals surface area contributed by atoms with Crippen LogP contribution in [0.2, 0.25) is 0 Å². The molecule has 0 spiro atoms. The molecule has 1 aromatic rings. The molecule has 4 atom stereocenters. The van der Waals surface area contributed by atoms with Crippen LogP contribution in [0, 0.1) is 11.8 Å². The van der Waals surface area contributed by atoms with E-state index in [1.807, 2.05) is 0 Å². The molecule has 1 aliphatic carbocycles. The van der Waals surface area contributed by atoms with E-state index >= 15 is 0 Å². The average molecular weight is 251 g/mol. The summed E-state index contributed by atoms with van der Waals surface area (Å²) in [5.74, 6) is 3.18. The minimum absolute atomic E-state index is 0.125. The maximum Gasteiger partial charge on any atom is 0.243 e. The van der Waals surface area contributed by atoms with Gasteiger partial charge in [-0.05, 0) is 31.1 Å². The van der Waals surface area contributed by atoms with Gasteiger partial charge in [0.05, 0.1) is 6.04 Å². The third kappa shape index (κ3) is 2.74. The summed E-state index contributed by atoms with van der Waals surface area (Å²) in [6.07, 6.45) is 5.97. The fourth-order valence-corrected chi connectivity index (χ4v) is 2.73. The van der Waals surface area contributed by atoms with Crippen molar-refractivity contribution in [2.24, 2.45) is 17.6 Å². The molecule has 0 aliphatic heterocycles. The number of nitrogens with two attached hydrogens (primary N) is 1. The number of aromatic nitrogens is 2. The van der Waals surface area contributed by atoms with E-state index in [1.54, 1.807) is 0 Å². The molecular weight excluding hydrogens is 226 g/mol. The molecule has 102 valence electrons. The van der Waals surface area contributed by atoms with E-state index < -0.39 is 0 Å². The lowest BCUT2D eigenvalue weighted by molar-refractivity contribution is 0.309. The Kier molecular flexibility index (Phi) is 4.38. The summed E-state index contributed by atoms with van der Waals surface area (Å²) in [6.45, 7) is 6.51. The molecule has 0 aromatic carbocycles. The topological polar surface area (TPSA) is 64.9 Å². The van der Waals surface area contributed by atoms with Crippen molar-refractivity contribution in [1.29, 1.82) is 0 Å². The maximum absolute atomic E-state index is 6.12. The van der Waals surface area contributed by atoms with Crippen LogP contribution in [0.25, 0.3) is 0 Å². The highest BCUT2D eigenvalue weighted by Gasteiger charge is 2.29. The van der Waals surface area contributed by atoms with Crippen molar-refractivity contribution in [2.75, 3.05) is 0 Å². The summed E-state index contributed by atoms with van der Waals surface area (Å²) in [5.41, 5.74) is 6.12. The highest BCUT2D eigenvalue weighted by atomic mass is 16.5. The van der Waals surface area contributed by atoms with Gasteiger partial charge in [0.1, 0.15) is 0 Å². The molecule has 18 heavy (non-hydrogen) atoms. The molecule has 4 unspecified atom stereocenters. The molecule has 4 nitrogen and oxygen atoms in total. The van der Waals surface area contributed by atoms with Crippen molar-refractivity contribution in [3.05, 3.63) is 11.7 Å². The number of hydrogen-bond acceptors (Lipinski definition) is 4. The predicted molar refractivity (Wildman–Crippen MR) is 71.1 cm³/mol. The van der Waals surface area contributed by atoms with Crippen molar-refractivity contribution >= 4 is 0 Å². The zero-order chi connectivity index (χ0) is 13.1. The van der Waals surface area contributed by atoms with Gasteiger partial charge in [-0.15, -0.1) is 0 Å². The molecule has 2 N–H and O–H groups in total. The number of hydrogen-bond donors (Lipinski definition) is 1. The molecule has 1 aromatic heterocycles. The summed E-state index contributed by atoms with van der Waals surface area (Å²) < 4.78 is 5.34. The van der Waals surface area contributed by atoms with Crippen molar-refractivity contribution in [3.63, 3.8) is 0 Å². The highest BCUT2D eigenvalue weighted by molar-refractivity contribution is 5.01. The van der Waals surface area contributed by atoms with Gasteiger partial charge in [-0.3, -0.25) is 0 Å². The highest BCUT2D eigenvalue weighted by Crippen LogP contribution is 2.38. The minimum atomic E-state index is -0.125. The third-order valence-electron chi connectivity index (χ3n) is 4.48. The quantitative estimate of drug-likeness (QED) is 0.871. The van der Waals surface area contributed by atoms with Gasteiger partial charge < -0.3 is 10.3 Å².